The molecule has 0 aliphatic heterocycles. The van der Waals surface area contributed by atoms with E-state index in [1.165, 1.54) is 0 Å². The van der Waals surface area contributed by atoms with Gasteiger partial charge in [0, 0.05) is 17.9 Å². The monoisotopic (exact) mass is 451 g/mol. The van der Waals surface area contributed by atoms with Gasteiger partial charge >= 0.3 is 5.97 Å². The second kappa shape index (κ2) is 13.3. The van der Waals surface area contributed by atoms with E-state index < -0.39 is 53.8 Å². The number of rotatable bonds is 13. The molecule has 0 aromatic carbocycles. The molecule has 0 aromatic rings. The van der Waals surface area contributed by atoms with E-state index in [0.717, 1.165) is 0 Å². The molecule has 29 heavy (non-hydrogen) atoms. The number of thiol groups is 2. The highest BCUT2D eigenvalue weighted by Gasteiger charge is 2.31. The second-order valence-electron chi connectivity index (χ2n) is 6.67. The molecule has 0 rings (SSSR count). The van der Waals surface area contributed by atoms with Crippen LogP contribution in [0.15, 0.2) is 0 Å². The maximum atomic E-state index is 12.7. The zero-order chi connectivity index (χ0) is 22.7. The zero-order valence-corrected chi connectivity index (χ0v) is 18.0. The van der Waals surface area contributed by atoms with Crippen LogP contribution >= 0.6 is 25.3 Å². The van der Waals surface area contributed by atoms with Gasteiger partial charge in [0.25, 0.3) is 0 Å². The van der Waals surface area contributed by atoms with Crippen molar-refractivity contribution in [3.8, 4) is 0 Å². The maximum Gasteiger partial charge on any atom is 0.327 e. The molecule has 0 aromatic heterocycles. The van der Waals surface area contributed by atoms with Crippen LogP contribution in [0.5, 0.6) is 0 Å². The topological polar surface area (TPSA) is 194 Å². The van der Waals surface area contributed by atoms with Crippen molar-refractivity contribution in [1.29, 1.82) is 0 Å². The Morgan fingerprint density at radius 1 is 0.897 bits per heavy atom. The highest BCUT2D eigenvalue weighted by Crippen LogP contribution is 2.06. The lowest BCUT2D eigenvalue weighted by atomic mass is 10.0. The predicted octanol–water partition coefficient (Wildman–Crippen LogP) is -2.37. The summed E-state index contributed by atoms with van der Waals surface area (Å²) in [6.07, 6.45) is -0.374. The van der Waals surface area contributed by atoms with Crippen LogP contribution in [0.3, 0.4) is 0 Å². The van der Waals surface area contributed by atoms with E-state index in [1.54, 1.807) is 13.8 Å². The molecule has 0 bridgehead atoms. The number of hydrogen-bond donors (Lipinski definition) is 8. The Kier molecular flexibility index (Phi) is 12.4. The molecule has 0 saturated heterocycles. The summed E-state index contributed by atoms with van der Waals surface area (Å²) in [4.78, 5) is 59.3. The maximum absolute atomic E-state index is 12.7. The van der Waals surface area contributed by atoms with Gasteiger partial charge in [0.15, 0.2) is 0 Å². The van der Waals surface area contributed by atoms with Crippen molar-refractivity contribution < 1.29 is 29.1 Å². The van der Waals surface area contributed by atoms with Crippen LogP contribution < -0.4 is 27.4 Å². The Labute approximate surface area is 179 Å². The van der Waals surface area contributed by atoms with Crippen molar-refractivity contribution in [3.63, 3.8) is 0 Å². The molecule has 11 nitrogen and oxygen atoms in total. The fourth-order valence-corrected chi connectivity index (χ4v) is 2.57. The van der Waals surface area contributed by atoms with Crippen molar-refractivity contribution >= 4 is 54.9 Å². The van der Waals surface area contributed by atoms with Gasteiger partial charge in [0.1, 0.15) is 18.1 Å². The lowest BCUT2D eigenvalue weighted by Crippen LogP contribution is -2.58. The van der Waals surface area contributed by atoms with E-state index in [9.17, 15) is 24.0 Å². The molecule has 0 radical (unpaired) electrons. The van der Waals surface area contributed by atoms with Crippen LogP contribution in [0.25, 0.3) is 0 Å². The standard InChI is InChI=1S/C16H29N5O6S2/c1-7(2)12(21-13(23)8(17)5-28)15(25)19-9(3-4-11(18)22)14(24)20-10(6-29)16(26)27/h7-10,12,28-29H,3-6,17H2,1-2H3,(H2,18,22)(H,19,25)(H,20,24)(H,21,23)(H,26,27). The highest BCUT2D eigenvalue weighted by molar-refractivity contribution is 7.80. The van der Waals surface area contributed by atoms with Crippen molar-refractivity contribution in [1.82, 2.24) is 16.0 Å². The third kappa shape index (κ3) is 9.85. The first-order valence-corrected chi connectivity index (χ1v) is 10.1. The Morgan fingerprint density at radius 2 is 1.45 bits per heavy atom. The molecule has 0 heterocycles. The molecule has 4 atom stereocenters. The molecule has 4 unspecified atom stereocenters. The minimum atomic E-state index is -1.30. The molecule has 0 spiro atoms. The first kappa shape index (κ1) is 27.0. The SMILES string of the molecule is CC(C)C(NC(=O)C(N)CS)C(=O)NC(CCC(N)=O)C(=O)NC(CS)C(=O)O. The number of nitrogens with one attached hydrogen (secondary N) is 3. The molecule has 13 heteroatoms. The number of primary amides is 1. The van der Waals surface area contributed by atoms with Crippen molar-refractivity contribution in [2.75, 3.05) is 11.5 Å². The predicted molar refractivity (Wildman–Crippen MR) is 112 cm³/mol. The fourth-order valence-electron chi connectivity index (χ4n) is 2.15. The fraction of sp³-hybridized carbons (Fsp3) is 0.688. The summed E-state index contributed by atoms with van der Waals surface area (Å²) < 4.78 is 0. The van der Waals surface area contributed by atoms with E-state index >= 15 is 0 Å². The van der Waals surface area contributed by atoms with E-state index in [1.807, 2.05) is 0 Å². The van der Waals surface area contributed by atoms with Gasteiger partial charge in [-0.25, -0.2) is 4.79 Å². The average molecular weight is 452 g/mol. The summed E-state index contributed by atoms with van der Waals surface area (Å²) in [6, 6.07) is -4.47. The van der Waals surface area contributed by atoms with Gasteiger partial charge in [-0.3, -0.25) is 19.2 Å². The van der Waals surface area contributed by atoms with Gasteiger partial charge in [-0.15, -0.1) is 0 Å². The Bertz CT molecular complexity index is 619. The quantitative estimate of drug-likeness (QED) is 0.143. The van der Waals surface area contributed by atoms with Crippen LogP contribution in [0, 0.1) is 5.92 Å². The lowest BCUT2D eigenvalue weighted by molar-refractivity contribution is -0.141. The van der Waals surface area contributed by atoms with Crippen LogP contribution in [0.4, 0.5) is 0 Å². The first-order chi connectivity index (χ1) is 13.4. The Morgan fingerprint density at radius 3 is 1.86 bits per heavy atom. The molecule has 0 saturated carbocycles. The summed E-state index contributed by atoms with van der Waals surface area (Å²) in [5, 5.41) is 16.2. The number of nitrogens with two attached hydrogens (primary N) is 2. The number of aliphatic carboxylic acids is 1. The molecule has 8 N–H and O–H groups in total. The van der Waals surface area contributed by atoms with Gasteiger partial charge in [-0.2, -0.15) is 25.3 Å². The highest BCUT2D eigenvalue weighted by atomic mass is 32.1. The molecule has 0 aliphatic rings. The summed E-state index contributed by atoms with van der Waals surface area (Å²) >= 11 is 7.79. The molecular weight excluding hydrogens is 422 g/mol. The largest absolute Gasteiger partial charge is 0.480 e. The number of carbonyl (C=O) groups is 5. The van der Waals surface area contributed by atoms with Gasteiger partial charge < -0.3 is 32.5 Å². The summed E-state index contributed by atoms with van der Waals surface area (Å²) in [7, 11) is 0. The van der Waals surface area contributed by atoms with Crippen LogP contribution in [-0.2, 0) is 24.0 Å². The molecule has 0 aliphatic carbocycles. The van der Waals surface area contributed by atoms with Gasteiger partial charge in [0.2, 0.25) is 23.6 Å². The zero-order valence-electron chi connectivity index (χ0n) is 16.3. The normalized spacial score (nSPS) is 15.0. The van der Waals surface area contributed by atoms with Crippen LogP contribution in [0.2, 0.25) is 0 Å². The van der Waals surface area contributed by atoms with Gasteiger partial charge in [-0.1, -0.05) is 13.8 Å². The third-order valence-corrected chi connectivity index (χ3v) is 4.65. The van der Waals surface area contributed by atoms with E-state index in [2.05, 4.69) is 41.2 Å². The lowest BCUT2D eigenvalue weighted by Gasteiger charge is -2.26. The molecule has 0 fully saturated rings. The van der Waals surface area contributed by atoms with Crippen LogP contribution in [0.1, 0.15) is 26.7 Å². The summed E-state index contributed by atoms with van der Waals surface area (Å²) in [5.74, 6) is -4.56. The minimum Gasteiger partial charge on any atom is -0.480 e. The van der Waals surface area contributed by atoms with Crippen molar-refractivity contribution in [2.24, 2.45) is 17.4 Å². The molecular formula is C16H29N5O6S2. The number of carbonyl (C=O) groups excluding carboxylic acids is 4. The van der Waals surface area contributed by atoms with Gasteiger partial charge in [-0.05, 0) is 12.3 Å². The number of amides is 4. The minimum absolute atomic E-state index is 0.0716. The summed E-state index contributed by atoms with van der Waals surface area (Å²) in [6.45, 7) is 3.35. The van der Waals surface area contributed by atoms with Crippen molar-refractivity contribution in [3.05, 3.63) is 0 Å². The number of carboxylic acid groups (broad SMARTS) is 1. The van der Waals surface area contributed by atoms with Gasteiger partial charge in [0.05, 0.1) is 6.04 Å². The molecule has 166 valence electrons. The summed E-state index contributed by atoms with van der Waals surface area (Å²) in [5.41, 5.74) is 10.7. The number of hydrogen-bond acceptors (Lipinski definition) is 8. The van der Waals surface area contributed by atoms with Crippen LogP contribution in [-0.4, -0.2) is 70.4 Å². The second-order valence-corrected chi connectivity index (χ2v) is 7.40. The van der Waals surface area contributed by atoms with Crippen molar-refractivity contribution in [2.45, 2.75) is 50.9 Å². The Hall–Kier alpha value is -1.99. The average Bonchev–Trinajstić information content (AvgIpc) is 2.65. The third-order valence-electron chi connectivity index (χ3n) is 3.89. The smallest absolute Gasteiger partial charge is 0.327 e. The van der Waals surface area contributed by atoms with E-state index in [-0.39, 0.29) is 30.3 Å². The first-order valence-electron chi connectivity index (χ1n) is 8.84. The molecule has 4 amide bonds. The Balaban J connectivity index is 5.37. The number of carboxylic acids is 1. The van der Waals surface area contributed by atoms with E-state index in [4.69, 9.17) is 16.6 Å². The van der Waals surface area contributed by atoms with E-state index in [0.29, 0.717) is 0 Å².